The average molecular weight is 515 g/mol. The van der Waals surface area contributed by atoms with Crippen LogP contribution < -0.4 is 20.7 Å². The quantitative estimate of drug-likeness (QED) is 0.203. The number of para-hydroxylation sites is 1. The van der Waals surface area contributed by atoms with Gasteiger partial charge in [-0.1, -0.05) is 30.9 Å². The molecule has 162 valence electrons. The lowest BCUT2D eigenvalue weighted by Crippen LogP contribution is -2.50. The molecule has 1 aliphatic rings. The minimum Gasteiger partial charge on any atom is -0.489 e. The fourth-order valence-electron chi connectivity index (χ4n) is 3.12. The molecule has 8 heteroatoms. The number of guanidine groups is 1. The van der Waals surface area contributed by atoms with Crippen molar-refractivity contribution in [3.8, 4) is 5.75 Å². The van der Waals surface area contributed by atoms with E-state index in [9.17, 15) is 4.79 Å². The molecule has 1 saturated heterocycles. The maximum Gasteiger partial charge on any atom is 0.233 e. The first-order chi connectivity index (χ1) is 13.7. The molecule has 1 fully saturated rings. The highest BCUT2D eigenvalue weighted by molar-refractivity contribution is 14.0. The standard InChI is InChI=1S/C21H33N5O2.HI/c1-4-14-28-19-9-7-6-8-17(19)15-24-21(23-5-2)25-18-10-12-26(13-11-18)16-20(27)22-3;/h4,6-9,18H,1,5,10-16H2,2-3H3,(H,22,27)(H2,23,24,25);1H. The second-order valence-corrected chi connectivity index (χ2v) is 6.77. The number of rotatable bonds is 9. The Morgan fingerprint density at radius 1 is 1.34 bits per heavy atom. The van der Waals surface area contributed by atoms with Crippen LogP contribution in [0.4, 0.5) is 0 Å². The molecule has 0 radical (unpaired) electrons. The Morgan fingerprint density at radius 3 is 2.72 bits per heavy atom. The van der Waals surface area contributed by atoms with E-state index in [4.69, 9.17) is 9.73 Å². The molecular formula is C21H34IN5O2. The molecule has 0 aliphatic carbocycles. The van der Waals surface area contributed by atoms with Crippen molar-refractivity contribution in [2.75, 3.05) is 39.8 Å². The number of benzene rings is 1. The summed E-state index contributed by atoms with van der Waals surface area (Å²) in [7, 11) is 1.68. The number of halogens is 1. The molecule has 0 atom stereocenters. The molecule has 1 aliphatic heterocycles. The number of nitrogens with zero attached hydrogens (tertiary/aromatic N) is 2. The number of likely N-dealkylation sites (tertiary alicyclic amines) is 1. The minimum atomic E-state index is 0. The molecule has 0 aromatic heterocycles. The monoisotopic (exact) mass is 515 g/mol. The van der Waals surface area contributed by atoms with Crippen molar-refractivity contribution in [2.45, 2.75) is 32.4 Å². The van der Waals surface area contributed by atoms with Gasteiger partial charge in [-0.25, -0.2) is 4.99 Å². The van der Waals surface area contributed by atoms with Gasteiger partial charge in [0.15, 0.2) is 5.96 Å². The normalized spacial score (nSPS) is 15.2. The summed E-state index contributed by atoms with van der Waals surface area (Å²) in [6, 6.07) is 8.29. The molecule has 3 N–H and O–H groups in total. The van der Waals surface area contributed by atoms with Crippen LogP contribution in [-0.2, 0) is 11.3 Å². The third-order valence-electron chi connectivity index (χ3n) is 4.66. The molecule has 1 aromatic rings. The van der Waals surface area contributed by atoms with Crippen LogP contribution in [0.15, 0.2) is 41.9 Å². The zero-order valence-electron chi connectivity index (χ0n) is 17.4. The van der Waals surface area contributed by atoms with Gasteiger partial charge in [0.05, 0.1) is 13.1 Å². The molecule has 0 saturated carbocycles. The third kappa shape index (κ3) is 9.03. The summed E-state index contributed by atoms with van der Waals surface area (Å²) in [4.78, 5) is 18.5. The number of amides is 1. The predicted octanol–water partition coefficient (Wildman–Crippen LogP) is 2.13. The van der Waals surface area contributed by atoms with Gasteiger partial charge in [-0.3, -0.25) is 9.69 Å². The number of ether oxygens (including phenoxy) is 1. The lowest BCUT2D eigenvalue weighted by Gasteiger charge is -2.32. The number of piperidine rings is 1. The Morgan fingerprint density at radius 2 is 2.07 bits per heavy atom. The van der Waals surface area contributed by atoms with E-state index in [1.54, 1.807) is 13.1 Å². The summed E-state index contributed by atoms with van der Waals surface area (Å²) in [5.74, 6) is 1.72. The Balaban J connectivity index is 0.00000420. The molecule has 1 heterocycles. The molecule has 0 bridgehead atoms. The lowest BCUT2D eigenvalue weighted by atomic mass is 10.1. The van der Waals surface area contributed by atoms with Crippen molar-refractivity contribution in [2.24, 2.45) is 4.99 Å². The number of carbonyl (C=O) groups is 1. The van der Waals surface area contributed by atoms with Crippen LogP contribution in [0.2, 0.25) is 0 Å². The lowest BCUT2D eigenvalue weighted by molar-refractivity contribution is -0.122. The van der Waals surface area contributed by atoms with Crippen LogP contribution in [0.1, 0.15) is 25.3 Å². The zero-order chi connectivity index (χ0) is 20.2. The smallest absolute Gasteiger partial charge is 0.233 e. The Kier molecular flexibility index (Phi) is 12.4. The molecule has 2 rings (SSSR count). The van der Waals surface area contributed by atoms with Crippen molar-refractivity contribution in [3.63, 3.8) is 0 Å². The highest BCUT2D eigenvalue weighted by Crippen LogP contribution is 2.19. The summed E-state index contributed by atoms with van der Waals surface area (Å²) in [5.41, 5.74) is 1.04. The number of hydrogen-bond donors (Lipinski definition) is 3. The summed E-state index contributed by atoms with van der Waals surface area (Å²) in [6.07, 6.45) is 3.71. The third-order valence-corrected chi connectivity index (χ3v) is 4.66. The van der Waals surface area contributed by atoms with Crippen LogP contribution in [-0.4, -0.2) is 62.6 Å². The summed E-state index contributed by atoms with van der Waals surface area (Å²) >= 11 is 0. The van der Waals surface area contributed by atoms with Crippen LogP contribution in [0.5, 0.6) is 5.75 Å². The molecule has 7 nitrogen and oxygen atoms in total. The number of carbonyl (C=O) groups excluding carboxylic acids is 1. The van der Waals surface area contributed by atoms with Crippen molar-refractivity contribution in [1.29, 1.82) is 0 Å². The minimum absolute atomic E-state index is 0. The molecule has 0 spiro atoms. The van der Waals surface area contributed by atoms with Crippen molar-refractivity contribution in [1.82, 2.24) is 20.9 Å². The van der Waals surface area contributed by atoms with Crippen molar-refractivity contribution in [3.05, 3.63) is 42.5 Å². The van der Waals surface area contributed by atoms with E-state index in [1.807, 2.05) is 24.3 Å². The largest absolute Gasteiger partial charge is 0.489 e. The number of hydrogen-bond acceptors (Lipinski definition) is 4. The SMILES string of the molecule is C=CCOc1ccccc1CN=C(NCC)NC1CCN(CC(=O)NC)CC1.I. The first-order valence-corrected chi connectivity index (χ1v) is 9.95. The molecule has 1 amide bonds. The van der Waals surface area contributed by atoms with Gasteiger partial charge in [0, 0.05) is 38.3 Å². The highest BCUT2D eigenvalue weighted by atomic mass is 127. The van der Waals surface area contributed by atoms with E-state index in [0.717, 1.165) is 49.7 Å². The van der Waals surface area contributed by atoms with Crippen LogP contribution in [0.25, 0.3) is 0 Å². The maximum absolute atomic E-state index is 11.5. The van der Waals surface area contributed by atoms with Gasteiger partial charge in [0.25, 0.3) is 0 Å². The molecule has 0 unspecified atom stereocenters. The second-order valence-electron chi connectivity index (χ2n) is 6.77. The van der Waals surface area contributed by atoms with Gasteiger partial charge in [-0.2, -0.15) is 0 Å². The Labute approximate surface area is 191 Å². The van der Waals surface area contributed by atoms with E-state index >= 15 is 0 Å². The summed E-state index contributed by atoms with van der Waals surface area (Å²) in [5, 5.41) is 9.53. The number of nitrogens with one attached hydrogen (secondary N) is 3. The van der Waals surface area contributed by atoms with Crippen molar-refractivity contribution < 1.29 is 9.53 Å². The summed E-state index contributed by atoms with van der Waals surface area (Å²) in [6.45, 7) is 9.86. The molecule has 1 aromatic carbocycles. The van der Waals surface area contributed by atoms with Gasteiger partial charge < -0.3 is 20.7 Å². The fourth-order valence-corrected chi connectivity index (χ4v) is 3.12. The highest BCUT2D eigenvalue weighted by Gasteiger charge is 2.21. The number of aliphatic imine (C=N–C) groups is 1. The van der Waals surface area contributed by atoms with Gasteiger partial charge in [-0.15, -0.1) is 24.0 Å². The Hall–Kier alpha value is -1.81. The van der Waals surface area contributed by atoms with E-state index in [1.165, 1.54) is 0 Å². The van der Waals surface area contributed by atoms with E-state index in [2.05, 4.69) is 34.4 Å². The average Bonchev–Trinajstić information content (AvgIpc) is 2.72. The van der Waals surface area contributed by atoms with Crippen LogP contribution >= 0.6 is 24.0 Å². The number of likely N-dealkylation sites (N-methyl/N-ethyl adjacent to an activating group) is 1. The Bertz CT molecular complexity index is 660. The molecular weight excluding hydrogens is 481 g/mol. The maximum atomic E-state index is 11.5. The van der Waals surface area contributed by atoms with Gasteiger partial charge in [-0.05, 0) is 25.8 Å². The molecule has 29 heavy (non-hydrogen) atoms. The van der Waals surface area contributed by atoms with Crippen LogP contribution in [0.3, 0.4) is 0 Å². The topological polar surface area (TPSA) is 78.0 Å². The first kappa shape index (κ1) is 25.2. The van der Waals surface area contributed by atoms with E-state index in [0.29, 0.717) is 25.7 Å². The zero-order valence-corrected chi connectivity index (χ0v) is 19.8. The van der Waals surface area contributed by atoms with Crippen molar-refractivity contribution >= 4 is 35.8 Å². The first-order valence-electron chi connectivity index (χ1n) is 9.95. The summed E-state index contributed by atoms with van der Waals surface area (Å²) < 4.78 is 5.71. The van der Waals surface area contributed by atoms with E-state index < -0.39 is 0 Å². The fraction of sp³-hybridized carbons (Fsp3) is 0.524. The second kappa shape index (κ2) is 14.2. The van der Waals surface area contributed by atoms with Gasteiger partial charge in [0.2, 0.25) is 5.91 Å². The van der Waals surface area contributed by atoms with Crippen LogP contribution in [0, 0.1) is 0 Å². The van der Waals surface area contributed by atoms with Gasteiger partial charge in [0.1, 0.15) is 12.4 Å². The van der Waals surface area contributed by atoms with Gasteiger partial charge >= 0.3 is 0 Å². The van der Waals surface area contributed by atoms with E-state index in [-0.39, 0.29) is 29.9 Å². The predicted molar refractivity (Wildman–Crippen MR) is 129 cm³/mol.